The summed E-state index contributed by atoms with van der Waals surface area (Å²) < 4.78 is 28.9. The zero-order valence-electron chi connectivity index (χ0n) is 16.8. The highest BCUT2D eigenvalue weighted by atomic mass is 127. The molecular weight excluding hydrogens is 511 g/mol. The Labute approximate surface area is 191 Å². The van der Waals surface area contributed by atoms with E-state index in [9.17, 15) is 13.2 Å². The lowest BCUT2D eigenvalue weighted by Crippen LogP contribution is -2.37. The molecule has 0 fully saturated rings. The molecule has 0 spiro atoms. The van der Waals surface area contributed by atoms with Gasteiger partial charge in [-0.2, -0.15) is 4.31 Å². The molecule has 30 heavy (non-hydrogen) atoms. The number of carbonyl (C=O) groups excluding carboxylic acids is 1. The summed E-state index contributed by atoms with van der Waals surface area (Å²) in [6, 6.07) is 21.6. The maximum atomic E-state index is 13.3. The molecule has 0 saturated carbocycles. The fraction of sp³-hybridized carbons (Fsp3) is 0.174. The Balaban J connectivity index is 1.87. The van der Waals surface area contributed by atoms with Crippen molar-refractivity contribution in [2.45, 2.75) is 25.3 Å². The molecule has 156 valence electrons. The first kappa shape index (κ1) is 22.5. The second kappa shape index (κ2) is 9.72. The molecular formula is C23H23IN2O3S. The number of anilines is 1. The maximum Gasteiger partial charge on any atom is 0.243 e. The predicted octanol–water partition coefficient (Wildman–Crippen LogP) is 4.74. The molecule has 3 aromatic carbocycles. The average Bonchev–Trinajstić information content (AvgIpc) is 2.69. The number of rotatable bonds is 7. The van der Waals surface area contributed by atoms with E-state index in [1.165, 1.54) is 4.31 Å². The van der Waals surface area contributed by atoms with Crippen LogP contribution in [-0.2, 0) is 21.4 Å². The molecule has 0 bridgehead atoms. The number of amides is 1. The number of aryl methyl sites for hydroxylation is 2. The quantitative estimate of drug-likeness (QED) is 0.446. The summed E-state index contributed by atoms with van der Waals surface area (Å²) in [4.78, 5) is 12.8. The Morgan fingerprint density at radius 1 is 0.933 bits per heavy atom. The topological polar surface area (TPSA) is 66.5 Å². The van der Waals surface area contributed by atoms with Gasteiger partial charge < -0.3 is 5.32 Å². The van der Waals surface area contributed by atoms with Gasteiger partial charge in [0.1, 0.15) is 0 Å². The standard InChI is InChI=1S/C23H23IN2O3S/c1-17-6-12-22(13-7-17)30(28,29)26(15-19-5-3-4-18(2)14-19)16-23(27)25-21-10-8-20(24)9-11-21/h3-14H,15-16H2,1-2H3,(H,25,27). The first-order chi connectivity index (χ1) is 14.2. The van der Waals surface area contributed by atoms with E-state index in [-0.39, 0.29) is 23.9 Å². The Bertz CT molecular complexity index is 1130. The minimum absolute atomic E-state index is 0.109. The van der Waals surface area contributed by atoms with E-state index < -0.39 is 10.0 Å². The molecule has 0 aliphatic carbocycles. The maximum absolute atomic E-state index is 13.3. The van der Waals surface area contributed by atoms with Crippen molar-refractivity contribution in [3.63, 3.8) is 0 Å². The molecule has 7 heteroatoms. The van der Waals surface area contributed by atoms with E-state index in [0.29, 0.717) is 5.69 Å². The molecule has 3 aromatic rings. The SMILES string of the molecule is Cc1ccc(S(=O)(=O)N(CC(=O)Nc2ccc(I)cc2)Cc2cccc(C)c2)cc1. The van der Waals surface area contributed by atoms with Crippen LogP contribution in [0.1, 0.15) is 16.7 Å². The summed E-state index contributed by atoms with van der Waals surface area (Å²) in [5, 5.41) is 2.78. The van der Waals surface area contributed by atoms with E-state index in [1.807, 2.05) is 50.2 Å². The van der Waals surface area contributed by atoms with Gasteiger partial charge in [-0.3, -0.25) is 4.79 Å². The number of nitrogens with one attached hydrogen (secondary N) is 1. The van der Waals surface area contributed by atoms with Crippen molar-refractivity contribution in [3.05, 3.63) is 93.1 Å². The van der Waals surface area contributed by atoms with Gasteiger partial charge in [-0.05, 0) is 78.4 Å². The number of sulfonamides is 1. The van der Waals surface area contributed by atoms with E-state index >= 15 is 0 Å². The van der Waals surface area contributed by atoms with Crippen molar-refractivity contribution in [1.29, 1.82) is 0 Å². The van der Waals surface area contributed by atoms with Crippen LogP contribution in [0.15, 0.2) is 77.7 Å². The van der Waals surface area contributed by atoms with Gasteiger partial charge in [0, 0.05) is 15.8 Å². The van der Waals surface area contributed by atoms with Crippen LogP contribution < -0.4 is 5.32 Å². The summed E-state index contributed by atoms with van der Waals surface area (Å²) in [7, 11) is -3.85. The van der Waals surface area contributed by atoms with Gasteiger partial charge in [-0.1, -0.05) is 47.5 Å². The lowest BCUT2D eigenvalue weighted by atomic mass is 10.1. The third-order valence-electron chi connectivity index (χ3n) is 4.55. The number of benzene rings is 3. The first-order valence-corrected chi connectivity index (χ1v) is 11.9. The van der Waals surface area contributed by atoms with Gasteiger partial charge in [-0.15, -0.1) is 0 Å². The number of nitrogens with zero attached hydrogens (tertiary/aromatic N) is 1. The summed E-state index contributed by atoms with van der Waals surface area (Å²) in [5.41, 5.74) is 3.45. The summed E-state index contributed by atoms with van der Waals surface area (Å²) >= 11 is 2.18. The monoisotopic (exact) mass is 534 g/mol. The minimum atomic E-state index is -3.85. The molecule has 0 atom stereocenters. The van der Waals surface area contributed by atoms with Crippen molar-refractivity contribution >= 4 is 44.2 Å². The average molecular weight is 534 g/mol. The van der Waals surface area contributed by atoms with Gasteiger partial charge in [0.05, 0.1) is 11.4 Å². The molecule has 0 saturated heterocycles. The van der Waals surface area contributed by atoms with E-state index in [1.54, 1.807) is 36.4 Å². The van der Waals surface area contributed by atoms with Crippen LogP contribution in [-0.4, -0.2) is 25.2 Å². The third kappa shape index (κ3) is 5.90. The van der Waals surface area contributed by atoms with Crippen LogP contribution in [0, 0.1) is 17.4 Å². The van der Waals surface area contributed by atoms with Crippen molar-refractivity contribution in [1.82, 2.24) is 4.31 Å². The zero-order valence-corrected chi connectivity index (χ0v) is 19.8. The van der Waals surface area contributed by atoms with E-state index in [2.05, 4.69) is 27.9 Å². The van der Waals surface area contributed by atoms with Crippen LogP contribution in [0.2, 0.25) is 0 Å². The first-order valence-electron chi connectivity index (χ1n) is 9.42. The van der Waals surface area contributed by atoms with Crippen molar-refractivity contribution in [3.8, 4) is 0 Å². The van der Waals surface area contributed by atoms with Crippen LogP contribution in [0.4, 0.5) is 5.69 Å². The van der Waals surface area contributed by atoms with Gasteiger partial charge >= 0.3 is 0 Å². The molecule has 5 nitrogen and oxygen atoms in total. The van der Waals surface area contributed by atoms with Crippen LogP contribution >= 0.6 is 22.6 Å². The fourth-order valence-corrected chi connectivity index (χ4v) is 4.74. The molecule has 1 N–H and O–H groups in total. The summed E-state index contributed by atoms with van der Waals surface area (Å²) in [6.45, 7) is 3.68. The lowest BCUT2D eigenvalue weighted by molar-refractivity contribution is -0.116. The summed E-state index contributed by atoms with van der Waals surface area (Å²) in [5.74, 6) is -0.389. The molecule has 3 rings (SSSR count). The number of halogens is 1. The van der Waals surface area contributed by atoms with Crippen molar-refractivity contribution < 1.29 is 13.2 Å². The Morgan fingerprint density at radius 2 is 1.60 bits per heavy atom. The van der Waals surface area contributed by atoms with E-state index in [0.717, 1.165) is 20.3 Å². The van der Waals surface area contributed by atoms with Crippen molar-refractivity contribution in [2.24, 2.45) is 0 Å². The highest BCUT2D eigenvalue weighted by Crippen LogP contribution is 2.20. The number of carbonyl (C=O) groups is 1. The van der Waals surface area contributed by atoms with Crippen LogP contribution in [0.3, 0.4) is 0 Å². The molecule has 0 radical (unpaired) electrons. The molecule has 0 aromatic heterocycles. The number of hydrogen-bond acceptors (Lipinski definition) is 3. The normalized spacial score (nSPS) is 11.5. The highest BCUT2D eigenvalue weighted by Gasteiger charge is 2.27. The van der Waals surface area contributed by atoms with Crippen LogP contribution in [0.25, 0.3) is 0 Å². The smallest absolute Gasteiger partial charge is 0.243 e. The van der Waals surface area contributed by atoms with Gasteiger partial charge in [0.15, 0.2) is 0 Å². The second-order valence-electron chi connectivity index (χ2n) is 7.13. The van der Waals surface area contributed by atoms with Gasteiger partial charge in [-0.25, -0.2) is 8.42 Å². The van der Waals surface area contributed by atoms with Crippen LogP contribution in [0.5, 0.6) is 0 Å². The largest absolute Gasteiger partial charge is 0.325 e. The minimum Gasteiger partial charge on any atom is -0.325 e. The zero-order chi connectivity index (χ0) is 21.7. The molecule has 0 aliphatic rings. The third-order valence-corrected chi connectivity index (χ3v) is 7.07. The fourth-order valence-electron chi connectivity index (χ4n) is 2.99. The molecule has 0 heterocycles. The van der Waals surface area contributed by atoms with E-state index in [4.69, 9.17) is 0 Å². The Kier molecular flexibility index (Phi) is 7.27. The Hall–Kier alpha value is -2.23. The van der Waals surface area contributed by atoms with Gasteiger partial charge in [0.2, 0.25) is 15.9 Å². The predicted molar refractivity (Wildman–Crippen MR) is 128 cm³/mol. The highest BCUT2D eigenvalue weighted by molar-refractivity contribution is 14.1. The molecule has 0 unspecified atom stereocenters. The lowest BCUT2D eigenvalue weighted by Gasteiger charge is -2.22. The molecule has 0 aliphatic heterocycles. The second-order valence-corrected chi connectivity index (χ2v) is 10.3. The molecule has 1 amide bonds. The summed E-state index contributed by atoms with van der Waals surface area (Å²) in [6.07, 6.45) is 0. The Morgan fingerprint density at radius 3 is 2.23 bits per heavy atom. The van der Waals surface area contributed by atoms with Gasteiger partial charge in [0.25, 0.3) is 0 Å². The number of hydrogen-bond donors (Lipinski definition) is 1. The van der Waals surface area contributed by atoms with Crippen molar-refractivity contribution in [2.75, 3.05) is 11.9 Å².